The number of nitrogens with zero attached hydrogens (tertiary/aromatic N) is 1. The number of rotatable bonds is 6. The SMILES string of the molecule is CC(C)CNCc1nc(OC(C)C)ccc1Cl. The molecular weight excluding hydrogens is 236 g/mol. The number of pyridine rings is 1. The number of ether oxygens (including phenoxy) is 1. The second kappa shape index (κ2) is 6.82. The first-order valence-electron chi connectivity index (χ1n) is 6.02. The van der Waals surface area contributed by atoms with Gasteiger partial charge in [0.1, 0.15) is 0 Å². The second-order valence-corrected chi connectivity index (χ2v) is 5.18. The fourth-order valence-corrected chi connectivity index (χ4v) is 1.55. The molecule has 96 valence electrons. The van der Waals surface area contributed by atoms with Crippen molar-refractivity contribution in [3.8, 4) is 5.88 Å². The van der Waals surface area contributed by atoms with Gasteiger partial charge in [-0.05, 0) is 32.4 Å². The maximum absolute atomic E-state index is 6.09. The number of aromatic nitrogens is 1. The Morgan fingerprint density at radius 2 is 2.00 bits per heavy atom. The van der Waals surface area contributed by atoms with Crippen molar-refractivity contribution < 1.29 is 4.74 Å². The summed E-state index contributed by atoms with van der Waals surface area (Å²) < 4.78 is 5.54. The smallest absolute Gasteiger partial charge is 0.213 e. The molecule has 0 spiro atoms. The Morgan fingerprint density at radius 3 is 2.59 bits per heavy atom. The molecular formula is C13H21ClN2O. The van der Waals surface area contributed by atoms with E-state index in [1.807, 2.05) is 19.9 Å². The molecule has 4 heteroatoms. The van der Waals surface area contributed by atoms with Crippen molar-refractivity contribution in [2.45, 2.75) is 40.3 Å². The zero-order valence-electron chi connectivity index (χ0n) is 11.0. The summed E-state index contributed by atoms with van der Waals surface area (Å²) in [6, 6.07) is 3.63. The van der Waals surface area contributed by atoms with Crippen molar-refractivity contribution in [1.82, 2.24) is 10.3 Å². The number of hydrogen-bond donors (Lipinski definition) is 1. The van der Waals surface area contributed by atoms with E-state index in [1.54, 1.807) is 6.07 Å². The average molecular weight is 257 g/mol. The predicted octanol–water partition coefficient (Wildman–Crippen LogP) is 3.27. The predicted molar refractivity (Wildman–Crippen MR) is 71.6 cm³/mol. The Bertz CT molecular complexity index is 353. The first-order chi connectivity index (χ1) is 7.99. The molecule has 0 bridgehead atoms. The summed E-state index contributed by atoms with van der Waals surface area (Å²) >= 11 is 6.09. The summed E-state index contributed by atoms with van der Waals surface area (Å²) in [6.07, 6.45) is 0.125. The van der Waals surface area contributed by atoms with Gasteiger partial charge in [0.2, 0.25) is 5.88 Å². The van der Waals surface area contributed by atoms with Gasteiger partial charge in [0, 0.05) is 12.6 Å². The molecule has 1 rings (SSSR count). The van der Waals surface area contributed by atoms with Crippen molar-refractivity contribution in [3.63, 3.8) is 0 Å². The molecule has 0 atom stereocenters. The van der Waals surface area contributed by atoms with Crippen LogP contribution in [0.2, 0.25) is 5.02 Å². The number of hydrogen-bond acceptors (Lipinski definition) is 3. The van der Waals surface area contributed by atoms with Crippen LogP contribution in [0.3, 0.4) is 0 Å². The van der Waals surface area contributed by atoms with Gasteiger partial charge in [0.05, 0.1) is 16.8 Å². The lowest BCUT2D eigenvalue weighted by Gasteiger charge is -2.12. The van der Waals surface area contributed by atoms with E-state index in [1.165, 1.54) is 0 Å². The van der Waals surface area contributed by atoms with Gasteiger partial charge in [-0.1, -0.05) is 25.4 Å². The van der Waals surface area contributed by atoms with Crippen LogP contribution < -0.4 is 10.1 Å². The molecule has 0 radical (unpaired) electrons. The van der Waals surface area contributed by atoms with Crippen LogP contribution in [0.25, 0.3) is 0 Å². The van der Waals surface area contributed by atoms with Crippen molar-refractivity contribution in [1.29, 1.82) is 0 Å². The van der Waals surface area contributed by atoms with Gasteiger partial charge in [-0.3, -0.25) is 0 Å². The highest BCUT2D eigenvalue weighted by Gasteiger charge is 2.06. The van der Waals surface area contributed by atoms with E-state index in [2.05, 4.69) is 24.1 Å². The second-order valence-electron chi connectivity index (χ2n) is 4.77. The molecule has 0 unspecified atom stereocenters. The van der Waals surface area contributed by atoms with Gasteiger partial charge in [-0.15, -0.1) is 0 Å². The summed E-state index contributed by atoms with van der Waals surface area (Å²) in [5.74, 6) is 1.25. The van der Waals surface area contributed by atoms with Crippen molar-refractivity contribution in [2.75, 3.05) is 6.54 Å². The Balaban J connectivity index is 2.63. The first-order valence-corrected chi connectivity index (χ1v) is 6.39. The average Bonchev–Trinajstić information content (AvgIpc) is 2.21. The zero-order chi connectivity index (χ0) is 12.8. The van der Waals surface area contributed by atoms with Gasteiger partial charge < -0.3 is 10.1 Å². The molecule has 1 aromatic heterocycles. The number of halogens is 1. The molecule has 1 heterocycles. The Morgan fingerprint density at radius 1 is 1.29 bits per heavy atom. The van der Waals surface area contributed by atoms with Crippen molar-refractivity contribution in [3.05, 3.63) is 22.8 Å². The highest BCUT2D eigenvalue weighted by atomic mass is 35.5. The lowest BCUT2D eigenvalue weighted by Crippen LogP contribution is -2.20. The molecule has 0 aliphatic carbocycles. The lowest BCUT2D eigenvalue weighted by atomic mass is 10.2. The van der Waals surface area contributed by atoms with E-state index in [-0.39, 0.29) is 6.10 Å². The molecule has 0 fully saturated rings. The van der Waals surface area contributed by atoms with Crippen LogP contribution >= 0.6 is 11.6 Å². The van der Waals surface area contributed by atoms with E-state index in [4.69, 9.17) is 16.3 Å². The van der Waals surface area contributed by atoms with E-state index >= 15 is 0 Å². The van der Waals surface area contributed by atoms with Gasteiger partial charge in [0.25, 0.3) is 0 Å². The van der Waals surface area contributed by atoms with Crippen molar-refractivity contribution >= 4 is 11.6 Å². The molecule has 3 nitrogen and oxygen atoms in total. The van der Waals surface area contributed by atoms with Crippen LogP contribution in [0.15, 0.2) is 12.1 Å². The van der Waals surface area contributed by atoms with Gasteiger partial charge in [0.15, 0.2) is 0 Å². The molecule has 17 heavy (non-hydrogen) atoms. The summed E-state index contributed by atoms with van der Waals surface area (Å²) in [5, 5.41) is 4.00. The number of nitrogens with one attached hydrogen (secondary N) is 1. The largest absolute Gasteiger partial charge is 0.475 e. The van der Waals surface area contributed by atoms with E-state index < -0.39 is 0 Å². The monoisotopic (exact) mass is 256 g/mol. The summed E-state index contributed by atoms with van der Waals surface area (Å²) in [4.78, 5) is 4.39. The fraction of sp³-hybridized carbons (Fsp3) is 0.615. The minimum Gasteiger partial charge on any atom is -0.475 e. The zero-order valence-corrected chi connectivity index (χ0v) is 11.7. The molecule has 1 N–H and O–H groups in total. The lowest BCUT2D eigenvalue weighted by molar-refractivity contribution is 0.232. The normalized spacial score (nSPS) is 11.2. The van der Waals surface area contributed by atoms with Crippen LogP contribution in [0.5, 0.6) is 5.88 Å². The standard InChI is InChI=1S/C13H21ClN2O/c1-9(2)7-15-8-12-11(14)5-6-13(16-12)17-10(3)4/h5-6,9-10,15H,7-8H2,1-4H3. The van der Waals surface area contributed by atoms with Crippen LogP contribution in [0.4, 0.5) is 0 Å². The molecule has 1 aromatic rings. The summed E-state index contributed by atoms with van der Waals surface area (Å²) in [7, 11) is 0. The van der Waals surface area contributed by atoms with Crippen LogP contribution in [-0.4, -0.2) is 17.6 Å². The fourth-order valence-electron chi connectivity index (χ4n) is 1.37. The Hall–Kier alpha value is -0.800. The van der Waals surface area contributed by atoms with Crippen LogP contribution in [-0.2, 0) is 6.54 Å². The molecule has 0 aliphatic rings. The minimum absolute atomic E-state index is 0.125. The highest BCUT2D eigenvalue weighted by molar-refractivity contribution is 6.31. The van der Waals surface area contributed by atoms with E-state index in [0.29, 0.717) is 23.4 Å². The maximum atomic E-state index is 6.09. The van der Waals surface area contributed by atoms with Crippen LogP contribution in [0, 0.1) is 5.92 Å². The summed E-state index contributed by atoms with van der Waals surface area (Å²) in [5.41, 5.74) is 0.838. The molecule has 0 amide bonds. The Kier molecular flexibility index (Phi) is 5.72. The van der Waals surface area contributed by atoms with Gasteiger partial charge >= 0.3 is 0 Å². The summed E-state index contributed by atoms with van der Waals surface area (Å²) in [6.45, 7) is 9.92. The van der Waals surface area contributed by atoms with Crippen LogP contribution in [0.1, 0.15) is 33.4 Å². The third-order valence-corrected chi connectivity index (χ3v) is 2.44. The van der Waals surface area contributed by atoms with Gasteiger partial charge in [-0.25, -0.2) is 4.98 Å². The highest BCUT2D eigenvalue weighted by Crippen LogP contribution is 2.18. The molecule has 0 aliphatic heterocycles. The van der Waals surface area contributed by atoms with E-state index in [0.717, 1.165) is 12.2 Å². The third-order valence-electron chi connectivity index (χ3n) is 2.09. The Labute approximate surface area is 109 Å². The molecule has 0 saturated heterocycles. The first kappa shape index (κ1) is 14.3. The van der Waals surface area contributed by atoms with Crippen molar-refractivity contribution in [2.24, 2.45) is 5.92 Å². The third kappa shape index (κ3) is 5.37. The van der Waals surface area contributed by atoms with Gasteiger partial charge in [-0.2, -0.15) is 0 Å². The quantitative estimate of drug-likeness (QED) is 0.848. The molecule has 0 aromatic carbocycles. The van der Waals surface area contributed by atoms with E-state index in [9.17, 15) is 0 Å². The minimum atomic E-state index is 0.125. The topological polar surface area (TPSA) is 34.2 Å². The maximum Gasteiger partial charge on any atom is 0.213 e. The molecule has 0 saturated carbocycles.